The summed E-state index contributed by atoms with van der Waals surface area (Å²) in [5.74, 6) is -0.248. The number of aromatic nitrogens is 2. The molecule has 0 saturated heterocycles. The Morgan fingerprint density at radius 1 is 1.50 bits per heavy atom. The van der Waals surface area contributed by atoms with Gasteiger partial charge in [0.2, 0.25) is 0 Å². The Balaban J connectivity index is 2.19. The molecule has 20 heavy (non-hydrogen) atoms. The van der Waals surface area contributed by atoms with E-state index in [0.29, 0.717) is 10.0 Å². The average molecular weight is 375 g/mol. The van der Waals surface area contributed by atoms with Crippen LogP contribution < -0.4 is 5.32 Å². The summed E-state index contributed by atoms with van der Waals surface area (Å²) in [6.07, 6.45) is 1.55. The van der Waals surface area contributed by atoms with Gasteiger partial charge in [0.25, 0.3) is 5.91 Å². The second kappa shape index (κ2) is 6.20. The molecule has 2 aromatic rings. The number of pyridine rings is 1. The molecular weight excluding hydrogens is 362 g/mol. The summed E-state index contributed by atoms with van der Waals surface area (Å²) in [4.78, 5) is 21.6. The van der Waals surface area contributed by atoms with Crippen molar-refractivity contribution in [3.05, 3.63) is 43.0 Å². The van der Waals surface area contributed by atoms with Gasteiger partial charge in [-0.1, -0.05) is 11.6 Å². The van der Waals surface area contributed by atoms with Gasteiger partial charge in [-0.25, -0.2) is 9.97 Å². The standard InChI is InChI=1S/C13H13BrClN3OS/c1-6-11(20-8(3)17-6)7(2)18-13(19)10-4-9(14)5-16-12(10)15/h4-5,7H,1-3H3,(H,18,19). The van der Waals surface area contributed by atoms with E-state index in [1.807, 2.05) is 20.8 Å². The fourth-order valence-electron chi connectivity index (χ4n) is 1.87. The van der Waals surface area contributed by atoms with Gasteiger partial charge in [-0.3, -0.25) is 4.79 Å². The van der Waals surface area contributed by atoms with Gasteiger partial charge in [-0.05, 0) is 42.8 Å². The van der Waals surface area contributed by atoms with Crippen molar-refractivity contribution in [3.8, 4) is 0 Å². The van der Waals surface area contributed by atoms with E-state index in [1.54, 1.807) is 23.6 Å². The molecule has 7 heteroatoms. The summed E-state index contributed by atoms with van der Waals surface area (Å²) in [6, 6.07) is 1.53. The lowest BCUT2D eigenvalue weighted by Gasteiger charge is -2.13. The molecule has 2 heterocycles. The lowest BCUT2D eigenvalue weighted by molar-refractivity contribution is 0.0940. The molecule has 1 N–H and O–H groups in total. The quantitative estimate of drug-likeness (QED) is 0.824. The molecule has 0 radical (unpaired) electrons. The van der Waals surface area contributed by atoms with Crippen molar-refractivity contribution in [3.63, 3.8) is 0 Å². The van der Waals surface area contributed by atoms with Crippen LogP contribution in [0.3, 0.4) is 0 Å². The van der Waals surface area contributed by atoms with E-state index >= 15 is 0 Å². The molecular formula is C13H13BrClN3OS. The Labute approximate surface area is 134 Å². The van der Waals surface area contributed by atoms with E-state index in [9.17, 15) is 4.79 Å². The highest BCUT2D eigenvalue weighted by atomic mass is 79.9. The first kappa shape index (κ1) is 15.4. The van der Waals surface area contributed by atoms with Crippen molar-refractivity contribution in [2.24, 2.45) is 0 Å². The fraction of sp³-hybridized carbons (Fsp3) is 0.308. The minimum atomic E-state index is -0.248. The van der Waals surface area contributed by atoms with E-state index in [1.165, 1.54) is 0 Å². The lowest BCUT2D eigenvalue weighted by Crippen LogP contribution is -2.27. The van der Waals surface area contributed by atoms with Crippen LogP contribution in [0.4, 0.5) is 0 Å². The minimum Gasteiger partial charge on any atom is -0.345 e. The number of hydrogen-bond donors (Lipinski definition) is 1. The first-order valence-corrected chi connectivity index (χ1v) is 7.93. The lowest BCUT2D eigenvalue weighted by atomic mass is 10.2. The number of rotatable bonds is 3. The van der Waals surface area contributed by atoms with Gasteiger partial charge < -0.3 is 5.32 Å². The predicted molar refractivity (Wildman–Crippen MR) is 84.4 cm³/mol. The number of nitrogens with one attached hydrogen (secondary N) is 1. The van der Waals surface area contributed by atoms with E-state index in [4.69, 9.17) is 11.6 Å². The molecule has 0 spiro atoms. The zero-order valence-corrected chi connectivity index (χ0v) is 14.4. The molecule has 0 aromatic carbocycles. The molecule has 0 saturated carbocycles. The van der Waals surface area contributed by atoms with Crippen LogP contribution >= 0.6 is 38.9 Å². The van der Waals surface area contributed by atoms with Gasteiger partial charge in [-0.15, -0.1) is 11.3 Å². The van der Waals surface area contributed by atoms with E-state index in [0.717, 1.165) is 15.6 Å². The van der Waals surface area contributed by atoms with E-state index < -0.39 is 0 Å². The normalized spacial score (nSPS) is 12.2. The van der Waals surface area contributed by atoms with Crippen LogP contribution in [0.15, 0.2) is 16.7 Å². The highest BCUT2D eigenvalue weighted by Gasteiger charge is 2.18. The van der Waals surface area contributed by atoms with E-state index in [2.05, 4.69) is 31.2 Å². The van der Waals surface area contributed by atoms with Gasteiger partial charge in [0.15, 0.2) is 0 Å². The maximum atomic E-state index is 12.2. The summed E-state index contributed by atoms with van der Waals surface area (Å²) in [6.45, 7) is 5.82. The molecule has 2 aromatic heterocycles. The third-order valence-corrected chi connectivity index (χ3v) is 4.72. The predicted octanol–water partition coefficient (Wildman–Crippen LogP) is 4.06. The summed E-state index contributed by atoms with van der Waals surface area (Å²) >= 11 is 10.8. The number of thiazole rings is 1. The molecule has 0 bridgehead atoms. The Morgan fingerprint density at radius 2 is 2.20 bits per heavy atom. The SMILES string of the molecule is Cc1nc(C)c(C(C)NC(=O)c2cc(Br)cnc2Cl)s1. The third-order valence-electron chi connectivity index (χ3n) is 2.73. The maximum Gasteiger partial charge on any atom is 0.254 e. The van der Waals surface area contributed by atoms with Crippen LogP contribution in [-0.2, 0) is 0 Å². The molecule has 1 atom stereocenters. The second-order valence-corrected chi connectivity index (χ2v) is 6.88. The minimum absolute atomic E-state index is 0.122. The Bertz CT molecular complexity index is 659. The first-order valence-electron chi connectivity index (χ1n) is 5.94. The maximum absolute atomic E-state index is 12.2. The number of nitrogens with zero attached hydrogens (tertiary/aromatic N) is 2. The van der Waals surface area contributed by atoms with Crippen molar-refractivity contribution in [2.75, 3.05) is 0 Å². The molecule has 106 valence electrons. The van der Waals surface area contributed by atoms with Crippen LogP contribution in [0.1, 0.15) is 38.9 Å². The van der Waals surface area contributed by atoms with Crippen LogP contribution in [-0.4, -0.2) is 15.9 Å². The molecule has 0 aliphatic carbocycles. The molecule has 4 nitrogen and oxygen atoms in total. The highest BCUT2D eigenvalue weighted by molar-refractivity contribution is 9.10. The van der Waals surface area contributed by atoms with E-state index in [-0.39, 0.29) is 17.1 Å². The monoisotopic (exact) mass is 373 g/mol. The largest absolute Gasteiger partial charge is 0.345 e. The zero-order valence-electron chi connectivity index (χ0n) is 11.2. The van der Waals surface area contributed by atoms with Gasteiger partial charge in [0, 0.05) is 15.5 Å². The van der Waals surface area contributed by atoms with Crippen molar-refractivity contribution in [1.82, 2.24) is 15.3 Å². The number of hydrogen-bond acceptors (Lipinski definition) is 4. The van der Waals surface area contributed by atoms with Crippen molar-refractivity contribution in [2.45, 2.75) is 26.8 Å². The first-order chi connectivity index (χ1) is 9.38. The zero-order chi connectivity index (χ0) is 14.9. The molecule has 1 unspecified atom stereocenters. The highest BCUT2D eigenvalue weighted by Crippen LogP contribution is 2.25. The topological polar surface area (TPSA) is 54.9 Å². The van der Waals surface area contributed by atoms with Crippen LogP contribution in [0.5, 0.6) is 0 Å². The third kappa shape index (κ3) is 3.37. The van der Waals surface area contributed by atoms with Gasteiger partial charge in [0.1, 0.15) is 5.15 Å². The fourth-order valence-corrected chi connectivity index (χ4v) is 3.32. The van der Waals surface area contributed by atoms with Crippen molar-refractivity contribution in [1.29, 1.82) is 0 Å². The Hall–Kier alpha value is -0.980. The average Bonchev–Trinajstić information content (AvgIpc) is 2.71. The van der Waals surface area contributed by atoms with Crippen molar-refractivity contribution < 1.29 is 4.79 Å². The van der Waals surface area contributed by atoms with Gasteiger partial charge >= 0.3 is 0 Å². The number of amides is 1. The molecule has 1 amide bonds. The Morgan fingerprint density at radius 3 is 2.80 bits per heavy atom. The number of aryl methyl sites for hydroxylation is 2. The summed E-state index contributed by atoms with van der Waals surface area (Å²) in [7, 11) is 0. The molecule has 2 rings (SSSR count). The summed E-state index contributed by atoms with van der Waals surface area (Å²) < 4.78 is 0.713. The smallest absolute Gasteiger partial charge is 0.254 e. The number of carbonyl (C=O) groups excluding carboxylic acids is 1. The van der Waals surface area contributed by atoms with Crippen LogP contribution in [0.25, 0.3) is 0 Å². The molecule has 0 fully saturated rings. The summed E-state index contributed by atoms with van der Waals surface area (Å²) in [5.41, 5.74) is 1.30. The molecule has 0 aliphatic heterocycles. The number of carbonyl (C=O) groups is 1. The van der Waals surface area contributed by atoms with Gasteiger partial charge in [0.05, 0.1) is 22.3 Å². The van der Waals surface area contributed by atoms with Gasteiger partial charge in [-0.2, -0.15) is 0 Å². The second-order valence-electron chi connectivity index (χ2n) is 4.37. The summed E-state index contributed by atoms with van der Waals surface area (Å²) in [5, 5.41) is 4.10. The van der Waals surface area contributed by atoms with Crippen molar-refractivity contribution >= 4 is 44.8 Å². The van der Waals surface area contributed by atoms with Crippen LogP contribution in [0.2, 0.25) is 5.15 Å². The number of halogens is 2. The molecule has 0 aliphatic rings. The van der Waals surface area contributed by atoms with Crippen LogP contribution in [0, 0.1) is 13.8 Å². The Kier molecular flexibility index (Phi) is 4.78.